The molecule has 0 amide bonds. The first-order chi connectivity index (χ1) is 14.2. The Hall–Kier alpha value is -0.670. The molecule has 0 aromatic rings. The van der Waals surface area contributed by atoms with Gasteiger partial charge in [-0.05, 0) is 104 Å². The highest BCUT2D eigenvalue weighted by atomic mass is 16.3. The maximum absolute atomic E-state index is 11.4. The second-order valence-corrected chi connectivity index (χ2v) is 12.3. The summed E-state index contributed by atoms with van der Waals surface area (Å²) in [4.78, 5) is 4.98. The average molecular weight is 414 g/mol. The van der Waals surface area contributed by atoms with E-state index in [2.05, 4.69) is 33.8 Å². The van der Waals surface area contributed by atoms with Gasteiger partial charge in [-0.3, -0.25) is 4.99 Å². The van der Waals surface area contributed by atoms with Crippen LogP contribution in [-0.4, -0.2) is 34.7 Å². The highest BCUT2D eigenvalue weighted by Crippen LogP contribution is 2.67. The molecule has 3 nitrogen and oxygen atoms in total. The number of fused-ring (bicyclic) bond motifs is 5. The predicted molar refractivity (Wildman–Crippen MR) is 122 cm³/mol. The van der Waals surface area contributed by atoms with Crippen molar-refractivity contribution in [1.82, 2.24) is 0 Å². The normalized spacial score (nSPS) is 51.9. The number of nitrogens with zero attached hydrogens (tertiary/aromatic N) is 1. The van der Waals surface area contributed by atoms with Crippen molar-refractivity contribution in [3.8, 4) is 0 Å². The summed E-state index contributed by atoms with van der Waals surface area (Å²) in [5.74, 6) is 3.55. The fourth-order valence-electron chi connectivity index (χ4n) is 9.01. The fraction of sp³-hybridized carbons (Fsp3) is 0.889. The van der Waals surface area contributed by atoms with E-state index in [0.29, 0.717) is 29.6 Å². The molecular formula is C27H43NO2. The first kappa shape index (κ1) is 21.2. The molecule has 5 aliphatic rings. The quantitative estimate of drug-likeness (QED) is 0.595. The van der Waals surface area contributed by atoms with Crippen LogP contribution >= 0.6 is 0 Å². The number of aliphatic hydroxyl groups is 2. The lowest BCUT2D eigenvalue weighted by molar-refractivity contribution is -0.0564. The zero-order chi connectivity index (χ0) is 21.3. The number of aliphatic hydroxyl groups excluding tert-OH is 2. The molecule has 1 heterocycles. The van der Waals surface area contributed by atoms with Crippen molar-refractivity contribution in [2.45, 2.75) is 97.7 Å². The lowest BCUT2D eigenvalue weighted by Gasteiger charge is -2.58. The van der Waals surface area contributed by atoms with E-state index in [0.717, 1.165) is 51.0 Å². The lowest BCUT2D eigenvalue weighted by Crippen LogP contribution is -2.51. The van der Waals surface area contributed by atoms with Gasteiger partial charge in [0.25, 0.3) is 0 Å². The minimum Gasteiger partial charge on any atom is -0.393 e. The molecule has 168 valence electrons. The van der Waals surface area contributed by atoms with Crippen molar-refractivity contribution >= 4 is 5.71 Å². The minimum atomic E-state index is -0.179. The highest BCUT2D eigenvalue weighted by Gasteiger charge is 2.62. The van der Waals surface area contributed by atoms with Crippen LogP contribution in [0.2, 0.25) is 0 Å². The summed E-state index contributed by atoms with van der Waals surface area (Å²) < 4.78 is 0. The van der Waals surface area contributed by atoms with E-state index in [1.165, 1.54) is 25.0 Å². The van der Waals surface area contributed by atoms with Gasteiger partial charge in [-0.1, -0.05) is 39.3 Å². The molecule has 3 fully saturated rings. The van der Waals surface area contributed by atoms with Gasteiger partial charge in [-0.15, -0.1) is 0 Å². The molecule has 1 unspecified atom stereocenters. The van der Waals surface area contributed by atoms with Crippen LogP contribution in [0.1, 0.15) is 85.5 Å². The molecule has 0 aromatic carbocycles. The first-order valence-electron chi connectivity index (χ1n) is 12.8. The Morgan fingerprint density at radius 1 is 1.10 bits per heavy atom. The van der Waals surface area contributed by atoms with E-state index in [4.69, 9.17) is 4.99 Å². The second-order valence-electron chi connectivity index (χ2n) is 12.3. The number of allylic oxidation sites excluding steroid dienone is 1. The van der Waals surface area contributed by atoms with Gasteiger partial charge in [0.15, 0.2) is 0 Å². The number of rotatable bonds is 2. The molecule has 4 aliphatic carbocycles. The van der Waals surface area contributed by atoms with Crippen molar-refractivity contribution in [2.75, 3.05) is 6.54 Å². The summed E-state index contributed by atoms with van der Waals surface area (Å²) in [6.45, 7) is 10.7. The van der Waals surface area contributed by atoms with Crippen LogP contribution in [0.25, 0.3) is 0 Å². The third-order valence-corrected chi connectivity index (χ3v) is 10.8. The zero-order valence-corrected chi connectivity index (χ0v) is 19.6. The molecule has 0 saturated heterocycles. The van der Waals surface area contributed by atoms with Gasteiger partial charge >= 0.3 is 0 Å². The highest BCUT2D eigenvalue weighted by molar-refractivity contribution is 5.87. The third-order valence-electron chi connectivity index (χ3n) is 10.8. The van der Waals surface area contributed by atoms with Gasteiger partial charge in [0.05, 0.1) is 12.2 Å². The molecule has 0 bridgehead atoms. The van der Waals surface area contributed by atoms with Gasteiger partial charge < -0.3 is 10.2 Å². The standard InChI is InChI=1S/C27H43NO2/c1-16-5-8-23(28-15-16)17(2)25-24(30)14-22-20-7-6-18-13-19(29)9-11-26(18,3)21(20)10-12-27(22,25)4/h6,16-17,19-22,24-25,29-30H,5,7-15H2,1-4H3/t16-,17+,19?,20+,21-,22-,24+,25-,26-,27-/m0/s1. The van der Waals surface area contributed by atoms with Gasteiger partial charge in [0, 0.05) is 12.3 Å². The average Bonchev–Trinajstić information content (AvgIpc) is 2.98. The molecule has 5 rings (SSSR count). The van der Waals surface area contributed by atoms with Gasteiger partial charge in [0.1, 0.15) is 0 Å². The summed E-state index contributed by atoms with van der Waals surface area (Å²) >= 11 is 0. The number of aliphatic imine (C=N–C) groups is 1. The smallest absolute Gasteiger partial charge is 0.0582 e. The van der Waals surface area contributed by atoms with Crippen LogP contribution < -0.4 is 0 Å². The van der Waals surface area contributed by atoms with Crippen LogP contribution in [0, 0.1) is 46.3 Å². The molecule has 0 spiro atoms. The number of hydrogen-bond acceptors (Lipinski definition) is 3. The van der Waals surface area contributed by atoms with E-state index in [9.17, 15) is 10.2 Å². The molecule has 2 N–H and O–H groups in total. The maximum Gasteiger partial charge on any atom is 0.0582 e. The maximum atomic E-state index is 11.4. The van der Waals surface area contributed by atoms with Crippen LogP contribution in [-0.2, 0) is 0 Å². The Morgan fingerprint density at radius 3 is 2.63 bits per heavy atom. The van der Waals surface area contributed by atoms with Crippen molar-refractivity contribution in [3.63, 3.8) is 0 Å². The third kappa shape index (κ3) is 3.09. The summed E-state index contributed by atoms with van der Waals surface area (Å²) in [6.07, 6.45) is 12.3. The molecule has 3 heteroatoms. The Labute approximate surface area is 183 Å². The second kappa shape index (κ2) is 7.44. The fourth-order valence-corrected chi connectivity index (χ4v) is 9.01. The van der Waals surface area contributed by atoms with Gasteiger partial charge in [0.2, 0.25) is 0 Å². The molecule has 0 radical (unpaired) electrons. The first-order valence-corrected chi connectivity index (χ1v) is 12.8. The van der Waals surface area contributed by atoms with E-state index >= 15 is 0 Å². The number of hydrogen-bond donors (Lipinski definition) is 2. The van der Waals surface area contributed by atoms with Crippen molar-refractivity contribution in [3.05, 3.63) is 11.6 Å². The van der Waals surface area contributed by atoms with Crippen LogP contribution in [0.3, 0.4) is 0 Å². The molecule has 10 atom stereocenters. The molecular weight excluding hydrogens is 370 g/mol. The Balaban J connectivity index is 1.42. The molecule has 1 aliphatic heterocycles. The summed E-state index contributed by atoms with van der Waals surface area (Å²) in [5, 5.41) is 21.6. The monoisotopic (exact) mass is 413 g/mol. The van der Waals surface area contributed by atoms with Crippen LogP contribution in [0.4, 0.5) is 0 Å². The van der Waals surface area contributed by atoms with E-state index in [1.807, 2.05) is 0 Å². The van der Waals surface area contributed by atoms with Crippen LogP contribution in [0.5, 0.6) is 0 Å². The zero-order valence-electron chi connectivity index (χ0n) is 19.6. The van der Waals surface area contributed by atoms with Crippen LogP contribution in [0.15, 0.2) is 16.6 Å². The van der Waals surface area contributed by atoms with E-state index in [1.54, 1.807) is 5.57 Å². The van der Waals surface area contributed by atoms with E-state index < -0.39 is 0 Å². The molecule has 0 aromatic heterocycles. The Bertz CT molecular complexity index is 743. The molecule has 30 heavy (non-hydrogen) atoms. The van der Waals surface area contributed by atoms with Gasteiger partial charge in [-0.2, -0.15) is 0 Å². The largest absolute Gasteiger partial charge is 0.393 e. The Kier molecular flexibility index (Phi) is 5.26. The molecule has 3 saturated carbocycles. The minimum absolute atomic E-state index is 0.132. The lowest BCUT2D eigenvalue weighted by atomic mass is 9.47. The van der Waals surface area contributed by atoms with E-state index in [-0.39, 0.29) is 23.0 Å². The predicted octanol–water partition coefficient (Wildman–Crippen LogP) is 5.40. The summed E-state index contributed by atoms with van der Waals surface area (Å²) in [5.41, 5.74) is 3.45. The SMILES string of the molecule is C[C@H]1CCC([C@@H](C)[C@H]2[C@H](O)C[C@H]3[C@@H]4CC=C5CC(O)CC[C@]5(C)[C@H]4CC[C@]23C)=NC1. The summed E-state index contributed by atoms with van der Waals surface area (Å²) in [7, 11) is 0. The van der Waals surface area contributed by atoms with Crippen molar-refractivity contribution in [2.24, 2.45) is 51.3 Å². The summed E-state index contributed by atoms with van der Waals surface area (Å²) in [6, 6.07) is 0. The topological polar surface area (TPSA) is 52.8 Å². The van der Waals surface area contributed by atoms with Gasteiger partial charge in [-0.25, -0.2) is 0 Å². The van der Waals surface area contributed by atoms with Crippen molar-refractivity contribution < 1.29 is 10.2 Å². The van der Waals surface area contributed by atoms with Crippen molar-refractivity contribution in [1.29, 1.82) is 0 Å². The Morgan fingerprint density at radius 2 is 1.90 bits per heavy atom.